The summed E-state index contributed by atoms with van der Waals surface area (Å²) in [5.41, 5.74) is 2.39. The number of nitrogens with zero attached hydrogens (tertiary/aromatic N) is 2. The lowest BCUT2D eigenvalue weighted by atomic mass is 10.1. The van der Waals surface area contributed by atoms with E-state index in [2.05, 4.69) is 10.3 Å². The van der Waals surface area contributed by atoms with Crippen LogP contribution in [0.1, 0.15) is 37.1 Å². The molecule has 0 unspecified atom stereocenters. The van der Waals surface area contributed by atoms with E-state index in [0.29, 0.717) is 36.8 Å². The Hall–Kier alpha value is -2.97. The molecule has 1 aliphatic rings. The molecule has 168 valence electrons. The number of aryl methyl sites for hydroxylation is 2. The van der Waals surface area contributed by atoms with Gasteiger partial charge in [-0.3, -0.25) is 4.79 Å². The molecule has 0 aliphatic carbocycles. The summed E-state index contributed by atoms with van der Waals surface area (Å²) in [6.45, 7) is 3.04. The highest BCUT2D eigenvalue weighted by Crippen LogP contribution is 2.27. The molecule has 0 radical (unpaired) electrons. The molecular formula is C24H27N3O4S. The van der Waals surface area contributed by atoms with Gasteiger partial charge in [0.25, 0.3) is 0 Å². The molecule has 2 aromatic carbocycles. The van der Waals surface area contributed by atoms with Gasteiger partial charge in [-0.2, -0.15) is 4.31 Å². The standard InChI is InChI=1S/C24H27N3O4S/c1-18-9-11-19(12-10-18)21-17-25-24(31-21)14-13-23(28)26-20-7-3-4-8-22(20)32(29,30)27-15-5-2-6-16-27/h3-4,7-12,17H,2,5-6,13-16H2,1H3,(H,26,28). The number of oxazole rings is 1. The van der Waals surface area contributed by atoms with Gasteiger partial charge in [0.05, 0.1) is 11.9 Å². The van der Waals surface area contributed by atoms with Crippen molar-refractivity contribution in [3.8, 4) is 11.3 Å². The van der Waals surface area contributed by atoms with Crippen LogP contribution in [0.3, 0.4) is 0 Å². The number of anilines is 1. The van der Waals surface area contributed by atoms with Crippen molar-refractivity contribution in [3.05, 3.63) is 66.2 Å². The average Bonchev–Trinajstić information content (AvgIpc) is 3.28. The third kappa shape index (κ3) is 5.08. The summed E-state index contributed by atoms with van der Waals surface area (Å²) in [7, 11) is -3.65. The second kappa shape index (κ2) is 9.67. The summed E-state index contributed by atoms with van der Waals surface area (Å²) in [5, 5.41) is 2.76. The van der Waals surface area contributed by atoms with E-state index >= 15 is 0 Å². The molecule has 1 N–H and O–H groups in total. The van der Waals surface area contributed by atoms with E-state index in [1.807, 2.05) is 31.2 Å². The maximum Gasteiger partial charge on any atom is 0.245 e. The summed E-state index contributed by atoms with van der Waals surface area (Å²) in [6, 6.07) is 14.5. The predicted molar refractivity (Wildman–Crippen MR) is 123 cm³/mol. The van der Waals surface area contributed by atoms with Crippen LogP contribution in [0.4, 0.5) is 5.69 Å². The van der Waals surface area contributed by atoms with Crippen molar-refractivity contribution in [1.29, 1.82) is 0 Å². The van der Waals surface area contributed by atoms with Crippen molar-refractivity contribution in [2.75, 3.05) is 18.4 Å². The number of benzene rings is 2. The minimum atomic E-state index is -3.65. The van der Waals surface area contributed by atoms with Crippen LogP contribution in [0.2, 0.25) is 0 Å². The molecule has 3 aromatic rings. The van der Waals surface area contributed by atoms with Gasteiger partial charge < -0.3 is 9.73 Å². The lowest BCUT2D eigenvalue weighted by molar-refractivity contribution is -0.116. The van der Waals surface area contributed by atoms with Crippen LogP contribution in [0, 0.1) is 6.92 Å². The van der Waals surface area contributed by atoms with Gasteiger partial charge in [0, 0.05) is 31.5 Å². The number of rotatable bonds is 7. The maximum atomic E-state index is 13.1. The van der Waals surface area contributed by atoms with E-state index in [9.17, 15) is 13.2 Å². The van der Waals surface area contributed by atoms with Gasteiger partial charge in [0.2, 0.25) is 15.9 Å². The number of sulfonamides is 1. The fourth-order valence-electron chi connectivity index (χ4n) is 3.75. The number of aromatic nitrogens is 1. The van der Waals surface area contributed by atoms with Crippen molar-refractivity contribution < 1.29 is 17.6 Å². The Labute approximate surface area is 188 Å². The maximum absolute atomic E-state index is 13.1. The first-order valence-corrected chi connectivity index (χ1v) is 12.3. The van der Waals surface area contributed by atoms with E-state index < -0.39 is 10.0 Å². The van der Waals surface area contributed by atoms with Gasteiger partial charge in [-0.25, -0.2) is 13.4 Å². The molecule has 7 nitrogen and oxygen atoms in total. The van der Waals surface area contributed by atoms with E-state index in [-0.39, 0.29) is 17.2 Å². The molecule has 0 spiro atoms. The first kappa shape index (κ1) is 22.2. The van der Waals surface area contributed by atoms with Crippen LogP contribution in [0.15, 0.2) is 64.0 Å². The van der Waals surface area contributed by atoms with E-state index in [1.54, 1.807) is 30.5 Å². The first-order chi connectivity index (χ1) is 15.4. The Morgan fingerprint density at radius 3 is 2.53 bits per heavy atom. The average molecular weight is 454 g/mol. The third-order valence-corrected chi connectivity index (χ3v) is 7.51. The van der Waals surface area contributed by atoms with Crippen molar-refractivity contribution in [2.45, 2.75) is 43.9 Å². The largest absolute Gasteiger partial charge is 0.441 e. The van der Waals surface area contributed by atoms with Crippen LogP contribution in [0.25, 0.3) is 11.3 Å². The minimum Gasteiger partial charge on any atom is -0.441 e. The van der Waals surface area contributed by atoms with Crippen LogP contribution >= 0.6 is 0 Å². The zero-order valence-electron chi connectivity index (χ0n) is 18.1. The molecule has 1 saturated heterocycles. The quantitative estimate of drug-likeness (QED) is 0.573. The van der Waals surface area contributed by atoms with Crippen LogP contribution < -0.4 is 5.32 Å². The Kier molecular flexibility index (Phi) is 6.72. The number of hydrogen-bond donors (Lipinski definition) is 1. The number of carbonyl (C=O) groups excluding carboxylic acids is 1. The Bertz CT molecular complexity index is 1180. The lowest BCUT2D eigenvalue weighted by Gasteiger charge is -2.26. The molecule has 1 aliphatic heterocycles. The predicted octanol–water partition coefficient (Wildman–Crippen LogP) is 4.40. The summed E-state index contributed by atoms with van der Waals surface area (Å²) in [6.07, 6.45) is 4.85. The third-order valence-electron chi connectivity index (χ3n) is 5.55. The lowest BCUT2D eigenvalue weighted by Crippen LogP contribution is -2.36. The first-order valence-electron chi connectivity index (χ1n) is 10.8. The fraction of sp³-hybridized carbons (Fsp3) is 0.333. The Balaban J connectivity index is 1.40. The molecule has 1 fully saturated rings. The summed E-state index contributed by atoms with van der Waals surface area (Å²) in [4.78, 5) is 17.0. The monoisotopic (exact) mass is 453 g/mol. The molecule has 2 heterocycles. The number of carbonyl (C=O) groups is 1. The van der Waals surface area contributed by atoms with Gasteiger partial charge >= 0.3 is 0 Å². The number of nitrogens with one attached hydrogen (secondary N) is 1. The van der Waals surface area contributed by atoms with Crippen molar-refractivity contribution in [2.24, 2.45) is 0 Å². The fourth-order valence-corrected chi connectivity index (χ4v) is 5.41. The summed E-state index contributed by atoms with van der Waals surface area (Å²) < 4.78 is 33.4. The van der Waals surface area contributed by atoms with Crippen molar-refractivity contribution in [3.63, 3.8) is 0 Å². The van der Waals surface area contributed by atoms with Crippen LogP contribution in [-0.2, 0) is 21.2 Å². The van der Waals surface area contributed by atoms with Crippen LogP contribution in [0.5, 0.6) is 0 Å². The SMILES string of the molecule is Cc1ccc(-c2cnc(CCC(=O)Nc3ccccc3S(=O)(=O)N3CCCCC3)o2)cc1. The molecular weight excluding hydrogens is 426 g/mol. The smallest absolute Gasteiger partial charge is 0.245 e. The topological polar surface area (TPSA) is 92.5 Å². The highest BCUT2D eigenvalue weighted by atomic mass is 32.2. The zero-order chi connectivity index (χ0) is 22.6. The van der Waals surface area contributed by atoms with Crippen molar-refractivity contribution >= 4 is 21.6 Å². The second-order valence-electron chi connectivity index (χ2n) is 7.99. The van der Waals surface area contributed by atoms with Gasteiger partial charge in [0.15, 0.2) is 11.7 Å². The highest BCUT2D eigenvalue weighted by Gasteiger charge is 2.28. The van der Waals surface area contributed by atoms with E-state index in [4.69, 9.17) is 4.42 Å². The Morgan fingerprint density at radius 1 is 1.06 bits per heavy atom. The van der Waals surface area contributed by atoms with Gasteiger partial charge in [-0.15, -0.1) is 0 Å². The van der Waals surface area contributed by atoms with Gasteiger partial charge in [-0.05, 0) is 31.9 Å². The molecule has 0 bridgehead atoms. The van der Waals surface area contributed by atoms with Gasteiger partial charge in [0.1, 0.15) is 4.90 Å². The number of amides is 1. The second-order valence-corrected chi connectivity index (χ2v) is 9.90. The van der Waals surface area contributed by atoms with Crippen LogP contribution in [-0.4, -0.2) is 36.7 Å². The molecule has 0 saturated carbocycles. The molecule has 1 aromatic heterocycles. The number of piperidine rings is 1. The number of para-hydroxylation sites is 1. The zero-order valence-corrected chi connectivity index (χ0v) is 18.9. The minimum absolute atomic E-state index is 0.131. The molecule has 4 rings (SSSR count). The highest BCUT2D eigenvalue weighted by molar-refractivity contribution is 7.89. The van der Waals surface area contributed by atoms with E-state index in [0.717, 1.165) is 30.4 Å². The molecule has 0 atom stereocenters. The van der Waals surface area contributed by atoms with Gasteiger partial charge in [-0.1, -0.05) is 48.4 Å². The Morgan fingerprint density at radius 2 is 1.78 bits per heavy atom. The summed E-state index contributed by atoms with van der Waals surface area (Å²) >= 11 is 0. The normalized spacial score (nSPS) is 14.9. The van der Waals surface area contributed by atoms with E-state index in [1.165, 1.54) is 4.31 Å². The number of hydrogen-bond acceptors (Lipinski definition) is 5. The molecule has 1 amide bonds. The molecule has 32 heavy (non-hydrogen) atoms. The summed E-state index contributed by atoms with van der Waals surface area (Å²) in [5.74, 6) is 0.824. The molecule has 8 heteroatoms. The van der Waals surface area contributed by atoms with Crippen molar-refractivity contribution in [1.82, 2.24) is 9.29 Å².